The first-order valence-electron chi connectivity index (χ1n) is 8.66. The molecule has 3 unspecified atom stereocenters. The van der Waals surface area contributed by atoms with Gasteiger partial charge in [0.1, 0.15) is 11.6 Å². The van der Waals surface area contributed by atoms with Crippen LogP contribution in [-0.2, 0) is 17.4 Å². The summed E-state index contributed by atoms with van der Waals surface area (Å²) in [5.41, 5.74) is 6.00. The molecule has 2 aliphatic rings. The van der Waals surface area contributed by atoms with Crippen molar-refractivity contribution in [3.8, 4) is 0 Å². The first-order chi connectivity index (χ1) is 13.1. The molecular weight excluding hydrogens is 385 g/mol. The van der Waals surface area contributed by atoms with E-state index in [9.17, 15) is 26.7 Å². The number of aromatic nitrogens is 3. The van der Waals surface area contributed by atoms with Crippen molar-refractivity contribution < 1.29 is 26.7 Å². The van der Waals surface area contributed by atoms with Crippen LogP contribution in [0, 0.1) is 11.6 Å². The number of fused-ring (bicyclic) bond motifs is 5. The second kappa shape index (κ2) is 6.50. The predicted octanol–water partition coefficient (Wildman–Crippen LogP) is 2.36. The van der Waals surface area contributed by atoms with Gasteiger partial charge in [0, 0.05) is 19.0 Å². The minimum absolute atomic E-state index is 0.0360. The van der Waals surface area contributed by atoms with Crippen molar-refractivity contribution in [1.29, 1.82) is 0 Å². The molecule has 1 amide bonds. The molecule has 0 radical (unpaired) electrons. The number of rotatable bonds is 4. The quantitative estimate of drug-likeness (QED) is 0.798. The normalized spacial score (nSPS) is 21.9. The molecular formula is C17H16F5N5O. The van der Waals surface area contributed by atoms with Gasteiger partial charge < -0.3 is 15.2 Å². The molecule has 2 bridgehead atoms. The molecule has 3 atom stereocenters. The van der Waals surface area contributed by atoms with E-state index in [1.165, 1.54) is 4.90 Å². The minimum atomic E-state index is -4.61. The van der Waals surface area contributed by atoms with Crippen molar-refractivity contribution in [1.82, 2.24) is 19.7 Å². The van der Waals surface area contributed by atoms with Crippen molar-refractivity contribution in [3.05, 3.63) is 47.0 Å². The molecule has 1 saturated heterocycles. The molecule has 28 heavy (non-hydrogen) atoms. The van der Waals surface area contributed by atoms with E-state index in [4.69, 9.17) is 5.73 Å². The number of hydrogen-bond acceptors (Lipinski definition) is 4. The lowest BCUT2D eigenvalue weighted by molar-refractivity contribution is -0.148. The number of halogens is 5. The largest absolute Gasteiger partial charge is 0.451 e. The highest BCUT2D eigenvalue weighted by molar-refractivity contribution is 5.78. The van der Waals surface area contributed by atoms with Crippen LogP contribution < -0.4 is 5.73 Å². The number of nitrogens with zero attached hydrogens (tertiary/aromatic N) is 4. The summed E-state index contributed by atoms with van der Waals surface area (Å²) < 4.78 is 67.1. The zero-order chi connectivity index (χ0) is 20.2. The Hall–Kier alpha value is -2.56. The van der Waals surface area contributed by atoms with E-state index in [1.807, 2.05) is 0 Å². The second-order valence-corrected chi connectivity index (χ2v) is 7.11. The predicted molar refractivity (Wildman–Crippen MR) is 85.8 cm³/mol. The summed E-state index contributed by atoms with van der Waals surface area (Å²) in [4.78, 5) is 14.0. The third-order valence-electron chi connectivity index (χ3n) is 5.16. The van der Waals surface area contributed by atoms with Gasteiger partial charge in [-0.2, -0.15) is 13.2 Å². The van der Waals surface area contributed by atoms with Crippen molar-refractivity contribution in [2.75, 3.05) is 6.54 Å². The van der Waals surface area contributed by atoms with Crippen LogP contribution in [0.25, 0.3) is 0 Å². The maximum absolute atomic E-state index is 13.7. The van der Waals surface area contributed by atoms with Crippen LogP contribution in [0.15, 0.2) is 18.2 Å². The van der Waals surface area contributed by atoms with Crippen molar-refractivity contribution in [3.63, 3.8) is 0 Å². The highest BCUT2D eigenvalue weighted by Gasteiger charge is 2.51. The summed E-state index contributed by atoms with van der Waals surface area (Å²) in [6, 6.07) is 1.13. The molecule has 3 heterocycles. The SMILES string of the molecule is NC(CC(=O)N1CC2CC1c1nnc(C(F)(F)F)n12)Cc1cc(F)ccc1F. The average molecular weight is 401 g/mol. The van der Waals surface area contributed by atoms with E-state index in [-0.39, 0.29) is 36.7 Å². The Balaban J connectivity index is 1.44. The third-order valence-corrected chi connectivity index (χ3v) is 5.16. The Labute approximate surface area is 156 Å². The van der Waals surface area contributed by atoms with Gasteiger partial charge in [-0.3, -0.25) is 4.79 Å². The summed E-state index contributed by atoms with van der Waals surface area (Å²) in [7, 11) is 0. The molecule has 11 heteroatoms. The highest BCUT2D eigenvalue weighted by Crippen LogP contribution is 2.47. The zero-order valence-corrected chi connectivity index (χ0v) is 14.5. The van der Waals surface area contributed by atoms with Gasteiger partial charge in [0.05, 0.1) is 12.1 Å². The van der Waals surface area contributed by atoms with E-state index in [0.717, 1.165) is 22.8 Å². The molecule has 150 valence electrons. The number of carbonyl (C=O) groups excluding carboxylic acids is 1. The maximum atomic E-state index is 13.7. The van der Waals surface area contributed by atoms with Crippen LogP contribution in [0.4, 0.5) is 22.0 Å². The van der Waals surface area contributed by atoms with Gasteiger partial charge in [-0.25, -0.2) is 8.78 Å². The van der Waals surface area contributed by atoms with Crippen molar-refractivity contribution in [2.45, 2.75) is 43.6 Å². The van der Waals surface area contributed by atoms with Crippen LogP contribution in [0.2, 0.25) is 0 Å². The summed E-state index contributed by atoms with van der Waals surface area (Å²) in [5, 5.41) is 6.85. The van der Waals surface area contributed by atoms with Crippen molar-refractivity contribution >= 4 is 5.91 Å². The third kappa shape index (κ3) is 3.13. The van der Waals surface area contributed by atoms with Crippen LogP contribution in [0.3, 0.4) is 0 Å². The minimum Gasteiger partial charge on any atom is -0.330 e. The molecule has 4 rings (SSSR count). The lowest BCUT2D eigenvalue weighted by Crippen LogP contribution is -2.39. The van der Waals surface area contributed by atoms with E-state index in [0.29, 0.717) is 6.42 Å². The Bertz CT molecular complexity index is 927. The summed E-state index contributed by atoms with van der Waals surface area (Å²) in [5.74, 6) is -2.52. The zero-order valence-electron chi connectivity index (χ0n) is 14.5. The summed E-state index contributed by atoms with van der Waals surface area (Å²) in [6.45, 7) is 0.110. The Morgan fingerprint density at radius 2 is 2.04 bits per heavy atom. The Kier molecular flexibility index (Phi) is 4.36. The van der Waals surface area contributed by atoms with Crippen LogP contribution in [0.1, 0.15) is 42.1 Å². The first kappa shape index (κ1) is 18.8. The Morgan fingerprint density at radius 3 is 2.75 bits per heavy atom. The van der Waals surface area contributed by atoms with Gasteiger partial charge >= 0.3 is 6.18 Å². The number of benzene rings is 1. The topological polar surface area (TPSA) is 77.0 Å². The fraction of sp³-hybridized carbons (Fsp3) is 0.471. The molecule has 0 saturated carbocycles. The summed E-state index contributed by atoms with van der Waals surface area (Å²) in [6.07, 6.45) is -4.44. The molecule has 1 aromatic heterocycles. The molecule has 0 aliphatic carbocycles. The molecule has 2 aromatic rings. The van der Waals surface area contributed by atoms with Crippen LogP contribution in [-0.4, -0.2) is 38.2 Å². The van der Waals surface area contributed by atoms with Crippen LogP contribution in [0.5, 0.6) is 0 Å². The smallest absolute Gasteiger partial charge is 0.330 e. The number of alkyl halides is 3. The average Bonchev–Trinajstić information content (AvgIpc) is 3.28. The maximum Gasteiger partial charge on any atom is 0.451 e. The lowest BCUT2D eigenvalue weighted by atomic mass is 10.0. The fourth-order valence-electron chi connectivity index (χ4n) is 4.00. The Morgan fingerprint density at radius 1 is 1.29 bits per heavy atom. The lowest BCUT2D eigenvalue weighted by Gasteiger charge is -2.28. The van der Waals surface area contributed by atoms with Gasteiger partial charge in [0.2, 0.25) is 11.7 Å². The molecule has 6 nitrogen and oxygen atoms in total. The fourth-order valence-corrected chi connectivity index (χ4v) is 4.00. The van der Waals surface area contributed by atoms with Gasteiger partial charge in [0.25, 0.3) is 0 Å². The number of amides is 1. The number of carbonyl (C=O) groups is 1. The second-order valence-electron chi connectivity index (χ2n) is 7.11. The van der Waals surface area contributed by atoms with Gasteiger partial charge in [0.15, 0.2) is 5.82 Å². The van der Waals surface area contributed by atoms with Crippen molar-refractivity contribution in [2.24, 2.45) is 5.73 Å². The molecule has 1 aromatic carbocycles. The first-order valence-corrected chi connectivity index (χ1v) is 8.66. The molecule has 1 fully saturated rings. The number of nitrogens with two attached hydrogens (primary N) is 1. The molecule has 2 N–H and O–H groups in total. The molecule has 0 spiro atoms. The van der Waals surface area contributed by atoms with Gasteiger partial charge in [-0.05, 0) is 36.6 Å². The van der Waals surface area contributed by atoms with Gasteiger partial charge in [-0.1, -0.05) is 0 Å². The standard InChI is InChI=1S/C17H16F5N5O/c18-9-1-2-12(19)8(3-9)4-10(23)5-14(28)26-7-11-6-13(26)15-24-25-16(27(11)15)17(20,21)22/h1-3,10-11,13H,4-7,23H2. The molecule has 2 aliphatic heterocycles. The van der Waals surface area contributed by atoms with E-state index in [1.54, 1.807) is 0 Å². The highest BCUT2D eigenvalue weighted by atomic mass is 19.4. The van der Waals surface area contributed by atoms with E-state index < -0.39 is 41.8 Å². The number of hydrogen-bond donors (Lipinski definition) is 1. The van der Waals surface area contributed by atoms with E-state index >= 15 is 0 Å². The monoisotopic (exact) mass is 401 g/mol. The van der Waals surface area contributed by atoms with Crippen LogP contribution >= 0.6 is 0 Å². The van der Waals surface area contributed by atoms with Gasteiger partial charge in [-0.15, -0.1) is 10.2 Å². The summed E-state index contributed by atoms with van der Waals surface area (Å²) >= 11 is 0. The number of likely N-dealkylation sites (tertiary alicyclic amines) is 1. The van der Waals surface area contributed by atoms with E-state index in [2.05, 4.69) is 10.2 Å².